The van der Waals surface area contributed by atoms with Gasteiger partial charge in [0.05, 0.1) is 16.8 Å². The number of anilines is 1. The number of benzene rings is 3. The lowest BCUT2D eigenvalue weighted by atomic mass is 9.94. The van der Waals surface area contributed by atoms with Gasteiger partial charge in [0.2, 0.25) is 0 Å². The third-order valence-electron chi connectivity index (χ3n) is 6.65. The van der Waals surface area contributed by atoms with Gasteiger partial charge in [-0.05, 0) is 60.2 Å². The van der Waals surface area contributed by atoms with Crippen LogP contribution in [-0.4, -0.2) is 24.1 Å². The van der Waals surface area contributed by atoms with Gasteiger partial charge in [-0.1, -0.05) is 24.3 Å². The van der Waals surface area contributed by atoms with Crippen LogP contribution >= 0.6 is 0 Å². The standard InChI is InChI=1S/C28H21F5N4/c29-23-3-1-2-22(28(31,32)33)26(23)17-5-4-16-14-25(37-10-8-20(35)9-11-37)36-27(21(16)12-17)18-6-7-19(15-34)24(30)13-18/h1-7,12-14,20H,8-11,35H2. The lowest BCUT2D eigenvalue weighted by molar-refractivity contribution is -0.137. The van der Waals surface area contributed by atoms with Gasteiger partial charge in [-0.2, -0.15) is 18.4 Å². The van der Waals surface area contributed by atoms with Crippen molar-refractivity contribution in [1.29, 1.82) is 5.26 Å². The Kier molecular flexibility index (Phi) is 6.30. The number of fused-ring (bicyclic) bond motifs is 1. The maximum absolute atomic E-state index is 14.8. The van der Waals surface area contributed by atoms with E-state index in [9.17, 15) is 22.0 Å². The summed E-state index contributed by atoms with van der Waals surface area (Å²) in [6, 6.07) is 15.0. The fourth-order valence-electron chi connectivity index (χ4n) is 4.71. The van der Waals surface area contributed by atoms with Crippen LogP contribution in [-0.2, 0) is 6.18 Å². The van der Waals surface area contributed by atoms with Crippen molar-refractivity contribution < 1.29 is 22.0 Å². The highest BCUT2D eigenvalue weighted by atomic mass is 19.4. The molecule has 3 aromatic carbocycles. The Hall–Kier alpha value is -4.03. The lowest BCUT2D eigenvalue weighted by Gasteiger charge is -2.31. The molecule has 1 aromatic heterocycles. The van der Waals surface area contributed by atoms with Gasteiger partial charge in [0, 0.05) is 35.6 Å². The summed E-state index contributed by atoms with van der Waals surface area (Å²) in [6.07, 6.45) is -3.22. The average Bonchev–Trinajstić information content (AvgIpc) is 2.87. The van der Waals surface area contributed by atoms with Crippen molar-refractivity contribution >= 4 is 16.6 Å². The van der Waals surface area contributed by atoms with Crippen LogP contribution in [0.25, 0.3) is 33.2 Å². The molecule has 1 fully saturated rings. The SMILES string of the molecule is N#Cc1ccc(-c2nc(N3CCC(N)CC3)cc3ccc(-c4c(F)cccc4C(F)(F)F)cc23)cc1F. The molecule has 0 spiro atoms. The second-order valence-electron chi connectivity index (χ2n) is 9.06. The van der Waals surface area contributed by atoms with Crippen molar-refractivity contribution in [1.82, 2.24) is 4.98 Å². The van der Waals surface area contributed by atoms with Gasteiger partial charge in [0.25, 0.3) is 0 Å². The lowest BCUT2D eigenvalue weighted by Crippen LogP contribution is -2.40. The highest BCUT2D eigenvalue weighted by Gasteiger charge is 2.35. The molecule has 0 aliphatic carbocycles. The average molecular weight is 508 g/mol. The van der Waals surface area contributed by atoms with E-state index in [4.69, 9.17) is 16.0 Å². The summed E-state index contributed by atoms with van der Waals surface area (Å²) < 4.78 is 70.5. The summed E-state index contributed by atoms with van der Waals surface area (Å²) in [5.74, 6) is -1.13. The zero-order chi connectivity index (χ0) is 26.3. The van der Waals surface area contributed by atoms with Crippen molar-refractivity contribution in [2.75, 3.05) is 18.0 Å². The molecule has 9 heteroatoms. The number of nitrogens with two attached hydrogens (primary N) is 1. The second-order valence-corrected chi connectivity index (χ2v) is 9.06. The van der Waals surface area contributed by atoms with E-state index < -0.39 is 28.9 Å². The van der Waals surface area contributed by atoms with Crippen LogP contribution in [0.15, 0.2) is 60.7 Å². The number of halogens is 5. The topological polar surface area (TPSA) is 65.9 Å². The van der Waals surface area contributed by atoms with Crippen molar-refractivity contribution in [3.8, 4) is 28.5 Å². The zero-order valence-corrected chi connectivity index (χ0v) is 19.5. The Bertz CT molecular complexity index is 1530. The van der Waals surface area contributed by atoms with Crippen LogP contribution < -0.4 is 10.6 Å². The number of pyridine rings is 1. The molecule has 4 nitrogen and oxygen atoms in total. The summed E-state index contributed by atoms with van der Waals surface area (Å²) in [5.41, 5.74) is 4.92. The number of hydrogen-bond acceptors (Lipinski definition) is 4. The van der Waals surface area contributed by atoms with Crippen molar-refractivity contribution in [3.05, 3.63) is 83.4 Å². The summed E-state index contributed by atoms with van der Waals surface area (Å²) in [6.45, 7) is 1.34. The first-order valence-electron chi connectivity index (χ1n) is 11.7. The summed E-state index contributed by atoms with van der Waals surface area (Å²) in [5, 5.41) is 10.2. The van der Waals surface area contributed by atoms with Crippen LogP contribution in [0.4, 0.5) is 27.8 Å². The van der Waals surface area contributed by atoms with Crippen LogP contribution in [0.1, 0.15) is 24.0 Å². The maximum Gasteiger partial charge on any atom is 0.417 e. The molecule has 0 saturated carbocycles. The first-order chi connectivity index (χ1) is 17.7. The summed E-state index contributed by atoms with van der Waals surface area (Å²) in [7, 11) is 0. The Labute approximate surface area is 209 Å². The maximum atomic E-state index is 14.8. The van der Waals surface area contributed by atoms with Crippen LogP contribution in [0.2, 0.25) is 0 Å². The highest BCUT2D eigenvalue weighted by Crippen LogP contribution is 2.41. The minimum absolute atomic E-state index is 0.0202. The third kappa shape index (κ3) is 4.72. The van der Waals surface area contributed by atoms with E-state index in [1.54, 1.807) is 12.1 Å². The van der Waals surface area contributed by atoms with Crippen LogP contribution in [0.3, 0.4) is 0 Å². The van der Waals surface area contributed by atoms with Gasteiger partial charge in [-0.25, -0.2) is 13.8 Å². The number of rotatable bonds is 3. The number of nitrogens with zero attached hydrogens (tertiary/aromatic N) is 3. The van der Waals surface area contributed by atoms with E-state index in [-0.39, 0.29) is 17.2 Å². The largest absolute Gasteiger partial charge is 0.417 e. The van der Waals surface area contributed by atoms with E-state index in [0.29, 0.717) is 40.9 Å². The zero-order valence-electron chi connectivity index (χ0n) is 19.5. The van der Waals surface area contributed by atoms with E-state index >= 15 is 0 Å². The van der Waals surface area contributed by atoms with Crippen molar-refractivity contribution in [2.45, 2.75) is 25.1 Å². The number of hydrogen-bond donors (Lipinski definition) is 1. The molecule has 4 aromatic rings. The van der Waals surface area contributed by atoms with Gasteiger partial charge in [0.1, 0.15) is 23.5 Å². The molecule has 0 bridgehead atoms. The van der Waals surface area contributed by atoms with E-state index in [1.165, 1.54) is 30.3 Å². The molecule has 1 saturated heterocycles. The molecule has 0 atom stereocenters. The minimum Gasteiger partial charge on any atom is -0.356 e. The number of aromatic nitrogens is 1. The molecule has 2 N–H and O–H groups in total. The normalized spacial score (nSPS) is 14.7. The van der Waals surface area contributed by atoms with Gasteiger partial charge in [-0.3, -0.25) is 0 Å². The fraction of sp³-hybridized carbons (Fsp3) is 0.214. The molecule has 1 aliphatic heterocycles. The Morgan fingerprint density at radius 2 is 1.65 bits per heavy atom. The van der Waals surface area contributed by atoms with E-state index in [2.05, 4.69) is 4.90 Å². The molecular formula is C28H21F5N4. The number of nitriles is 1. The Morgan fingerprint density at radius 1 is 0.919 bits per heavy atom. The van der Waals surface area contributed by atoms with E-state index in [0.717, 1.165) is 31.0 Å². The first-order valence-corrected chi connectivity index (χ1v) is 11.7. The van der Waals surface area contributed by atoms with E-state index in [1.807, 2.05) is 6.07 Å². The molecule has 0 amide bonds. The first kappa shape index (κ1) is 24.7. The summed E-state index contributed by atoms with van der Waals surface area (Å²) in [4.78, 5) is 6.82. The van der Waals surface area contributed by atoms with Crippen LogP contribution in [0, 0.1) is 23.0 Å². The molecule has 188 valence electrons. The van der Waals surface area contributed by atoms with Crippen molar-refractivity contribution in [2.24, 2.45) is 5.73 Å². The highest BCUT2D eigenvalue weighted by molar-refractivity contribution is 5.99. The third-order valence-corrected chi connectivity index (χ3v) is 6.65. The quantitative estimate of drug-likeness (QED) is 0.314. The smallest absolute Gasteiger partial charge is 0.356 e. The van der Waals surface area contributed by atoms with Gasteiger partial charge in [-0.15, -0.1) is 0 Å². The molecule has 0 unspecified atom stereocenters. The molecule has 37 heavy (non-hydrogen) atoms. The summed E-state index contributed by atoms with van der Waals surface area (Å²) >= 11 is 0. The van der Waals surface area contributed by atoms with Crippen molar-refractivity contribution in [3.63, 3.8) is 0 Å². The fourth-order valence-corrected chi connectivity index (χ4v) is 4.71. The molecule has 5 rings (SSSR count). The predicted octanol–water partition coefficient (Wildman–Crippen LogP) is 6.66. The molecular weight excluding hydrogens is 487 g/mol. The number of alkyl halides is 3. The predicted molar refractivity (Wildman–Crippen MR) is 132 cm³/mol. The Balaban J connectivity index is 1.74. The minimum atomic E-state index is -4.76. The molecule has 0 radical (unpaired) electrons. The van der Waals surface area contributed by atoms with Crippen LogP contribution in [0.5, 0.6) is 0 Å². The molecule has 2 heterocycles. The van der Waals surface area contributed by atoms with Gasteiger partial charge in [0.15, 0.2) is 0 Å². The second kappa shape index (κ2) is 9.45. The monoisotopic (exact) mass is 508 g/mol. The molecule has 1 aliphatic rings. The van der Waals surface area contributed by atoms with Gasteiger partial charge < -0.3 is 10.6 Å². The number of piperidine rings is 1. The van der Waals surface area contributed by atoms with Gasteiger partial charge >= 0.3 is 6.18 Å². The Morgan fingerprint density at radius 3 is 2.32 bits per heavy atom.